The number of ether oxygens (including phenoxy) is 2. The number of aromatic nitrogens is 1. The van der Waals surface area contributed by atoms with Gasteiger partial charge in [0.25, 0.3) is 0 Å². The van der Waals surface area contributed by atoms with E-state index in [0.29, 0.717) is 17.4 Å². The number of nitrogens with one attached hydrogen (secondary N) is 1. The third-order valence-corrected chi connectivity index (χ3v) is 2.17. The summed E-state index contributed by atoms with van der Waals surface area (Å²) in [6, 6.07) is 3.37. The van der Waals surface area contributed by atoms with Crippen molar-refractivity contribution in [2.24, 2.45) is 5.41 Å². The number of hydrogen-bond donors (Lipinski definition) is 1. The number of carbonyl (C=O) groups excluding carboxylic acids is 1. The van der Waals surface area contributed by atoms with Gasteiger partial charge in [-0.3, -0.25) is 4.79 Å². The summed E-state index contributed by atoms with van der Waals surface area (Å²) < 4.78 is 10.1. The molecule has 0 fully saturated rings. The quantitative estimate of drug-likeness (QED) is 0.875. The molecule has 1 N–H and O–H groups in total. The molecular formula is C12H18N2O3. The lowest BCUT2D eigenvalue weighted by Crippen LogP contribution is -2.28. The maximum atomic E-state index is 11.9. The second-order valence-corrected chi connectivity index (χ2v) is 4.61. The third kappa shape index (κ3) is 3.34. The summed E-state index contributed by atoms with van der Waals surface area (Å²) in [5.74, 6) is 1.17. The minimum atomic E-state index is -0.490. The van der Waals surface area contributed by atoms with Crippen LogP contribution in [0, 0.1) is 5.41 Å². The Morgan fingerprint density at radius 2 is 1.88 bits per heavy atom. The molecule has 0 radical (unpaired) electrons. The van der Waals surface area contributed by atoms with Crippen molar-refractivity contribution in [1.82, 2.24) is 4.98 Å². The molecule has 5 heteroatoms. The molecule has 1 aromatic heterocycles. The first-order chi connectivity index (χ1) is 7.88. The molecule has 5 nitrogen and oxygen atoms in total. The molecule has 1 amide bonds. The first-order valence-electron chi connectivity index (χ1n) is 5.29. The number of hydrogen-bond acceptors (Lipinski definition) is 4. The largest absolute Gasteiger partial charge is 0.493 e. The second kappa shape index (κ2) is 5.03. The van der Waals surface area contributed by atoms with Gasteiger partial charge in [-0.25, -0.2) is 0 Å². The fraction of sp³-hybridized carbons (Fsp3) is 0.500. The summed E-state index contributed by atoms with van der Waals surface area (Å²) >= 11 is 0. The number of methoxy groups -OCH3 is 2. The van der Waals surface area contributed by atoms with Gasteiger partial charge in [0.05, 0.1) is 14.2 Å². The van der Waals surface area contributed by atoms with Crippen LogP contribution in [0.4, 0.5) is 5.82 Å². The normalized spacial score (nSPS) is 10.9. The maximum absolute atomic E-state index is 11.9. The smallest absolute Gasteiger partial charge is 0.231 e. The predicted octanol–water partition coefficient (Wildman–Crippen LogP) is 2.08. The first kappa shape index (κ1) is 13.3. The van der Waals surface area contributed by atoms with Crippen LogP contribution in [0.15, 0.2) is 12.1 Å². The minimum Gasteiger partial charge on any atom is -0.493 e. The van der Waals surface area contributed by atoms with Crippen LogP contribution in [0.25, 0.3) is 0 Å². The van der Waals surface area contributed by atoms with Crippen molar-refractivity contribution in [3.63, 3.8) is 0 Å². The van der Waals surface area contributed by atoms with Gasteiger partial charge in [0, 0.05) is 11.5 Å². The van der Waals surface area contributed by atoms with Crippen LogP contribution in [0.1, 0.15) is 20.8 Å². The number of pyridine rings is 1. The van der Waals surface area contributed by atoms with E-state index in [1.54, 1.807) is 12.1 Å². The molecule has 0 atom stereocenters. The first-order valence-corrected chi connectivity index (χ1v) is 5.29. The number of amides is 1. The topological polar surface area (TPSA) is 60.5 Å². The van der Waals surface area contributed by atoms with Crippen molar-refractivity contribution in [3.05, 3.63) is 12.1 Å². The fourth-order valence-corrected chi connectivity index (χ4v) is 1.09. The molecule has 0 spiro atoms. The van der Waals surface area contributed by atoms with Crippen molar-refractivity contribution in [1.29, 1.82) is 0 Å². The number of nitrogens with zero attached hydrogens (tertiary/aromatic N) is 1. The highest BCUT2D eigenvalue weighted by molar-refractivity contribution is 5.94. The summed E-state index contributed by atoms with van der Waals surface area (Å²) in [6.45, 7) is 5.49. The Labute approximate surface area is 101 Å². The van der Waals surface area contributed by atoms with Crippen LogP contribution in [0.3, 0.4) is 0 Å². The lowest BCUT2D eigenvalue weighted by molar-refractivity contribution is -0.123. The van der Waals surface area contributed by atoms with E-state index in [9.17, 15) is 4.79 Å². The van der Waals surface area contributed by atoms with E-state index in [1.807, 2.05) is 20.8 Å². The molecule has 0 aliphatic rings. The van der Waals surface area contributed by atoms with E-state index in [2.05, 4.69) is 10.3 Å². The van der Waals surface area contributed by atoms with Crippen LogP contribution >= 0.6 is 0 Å². The van der Waals surface area contributed by atoms with Gasteiger partial charge in [0.15, 0.2) is 11.6 Å². The molecule has 1 aromatic rings. The van der Waals surface area contributed by atoms with Crippen molar-refractivity contribution in [3.8, 4) is 11.6 Å². The van der Waals surface area contributed by atoms with Gasteiger partial charge in [0.2, 0.25) is 11.8 Å². The Kier molecular flexibility index (Phi) is 3.93. The molecule has 0 aromatic carbocycles. The molecule has 0 aliphatic carbocycles. The van der Waals surface area contributed by atoms with Crippen molar-refractivity contribution in [2.75, 3.05) is 19.5 Å². The van der Waals surface area contributed by atoms with E-state index in [-0.39, 0.29) is 5.91 Å². The van der Waals surface area contributed by atoms with E-state index < -0.39 is 5.41 Å². The van der Waals surface area contributed by atoms with Gasteiger partial charge in [0.1, 0.15) is 0 Å². The number of anilines is 1. The van der Waals surface area contributed by atoms with Gasteiger partial charge >= 0.3 is 0 Å². The zero-order valence-corrected chi connectivity index (χ0v) is 10.8. The fourth-order valence-electron chi connectivity index (χ4n) is 1.09. The molecule has 0 saturated carbocycles. The molecular weight excluding hydrogens is 220 g/mol. The summed E-state index contributed by atoms with van der Waals surface area (Å²) in [7, 11) is 3.04. The van der Waals surface area contributed by atoms with Crippen molar-refractivity contribution < 1.29 is 14.3 Å². The van der Waals surface area contributed by atoms with Gasteiger partial charge in [-0.1, -0.05) is 20.8 Å². The maximum Gasteiger partial charge on any atom is 0.231 e. The van der Waals surface area contributed by atoms with E-state index in [1.165, 1.54) is 14.2 Å². The summed E-state index contributed by atoms with van der Waals surface area (Å²) in [5, 5.41) is 2.72. The average molecular weight is 238 g/mol. The summed E-state index contributed by atoms with van der Waals surface area (Å²) in [5.41, 5.74) is -0.490. The molecule has 1 rings (SSSR count). The van der Waals surface area contributed by atoms with Crippen LogP contribution in [0.5, 0.6) is 11.6 Å². The van der Waals surface area contributed by atoms with Crippen molar-refractivity contribution in [2.45, 2.75) is 20.8 Å². The lowest BCUT2D eigenvalue weighted by Gasteiger charge is -2.18. The second-order valence-electron chi connectivity index (χ2n) is 4.61. The summed E-state index contributed by atoms with van der Waals surface area (Å²) in [6.07, 6.45) is 0. The van der Waals surface area contributed by atoms with Gasteiger partial charge in [-0.2, -0.15) is 4.98 Å². The Morgan fingerprint density at radius 3 is 2.35 bits per heavy atom. The molecule has 17 heavy (non-hydrogen) atoms. The summed E-state index contributed by atoms with van der Waals surface area (Å²) in [4.78, 5) is 16.0. The van der Waals surface area contributed by atoms with Crippen LogP contribution in [-0.2, 0) is 4.79 Å². The van der Waals surface area contributed by atoms with Crippen LogP contribution < -0.4 is 14.8 Å². The van der Waals surface area contributed by atoms with E-state index >= 15 is 0 Å². The Balaban J connectivity index is 2.99. The standard InChI is InChI=1S/C12H18N2O3/c1-12(2,3)11(15)14-10-8(16-4)6-7-9(13-10)17-5/h6-7H,1-5H3,(H,13,14,15). The zero-order chi connectivity index (χ0) is 13.1. The molecule has 0 bridgehead atoms. The van der Waals surface area contributed by atoms with Gasteiger partial charge < -0.3 is 14.8 Å². The highest BCUT2D eigenvalue weighted by Crippen LogP contribution is 2.26. The molecule has 94 valence electrons. The Bertz CT molecular complexity index is 411. The number of rotatable bonds is 3. The lowest BCUT2D eigenvalue weighted by atomic mass is 9.96. The Hall–Kier alpha value is -1.78. The number of carbonyl (C=O) groups is 1. The molecule has 1 heterocycles. The highest BCUT2D eigenvalue weighted by atomic mass is 16.5. The zero-order valence-electron chi connectivity index (χ0n) is 10.8. The predicted molar refractivity (Wildman–Crippen MR) is 65.4 cm³/mol. The van der Waals surface area contributed by atoms with E-state index in [0.717, 1.165) is 0 Å². The van der Waals surface area contributed by atoms with Gasteiger partial charge in [-0.05, 0) is 6.07 Å². The SMILES string of the molecule is COc1ccc(OC)c(NC(=O)C(C)(C)C)n1. The minimum absolute atomic E-state index is 0.128. The monoisotopic (exact) mass is 238 g/mol. The molecule has 0 unspecified atom stereocenters. The van der Waals surface area contributed by atoms with Crippen LogP contribution in [-0.4, -0.2) is 25.1 Å². The van der Waals surface area contributed by atoms with Gasteiger partial charge in [-0.15, -0.1) is 0 Å². The molecule has 0 saturated heterocycles. The highest BCUT2D eigenvalue weighted by Gasteiger charge is 2.23. The third-order valence-electron chi connectivity index (χ3n) is 2.17. The van der Waals surface area contributed by atoms with Crippen molar-refractivity contribution >= 4 is 11.7 Å². The Morgan fingerprint density at radius 1 is 1.24 bits per heavy atom. The average Bonchev–Trinajstić information content (AvgIpc) is 2.27. The van der Waals surface area contributed by atoms with E-state index in [4.69, 9.17) is 9.47 Å². The van der Waals surface area contributed by atoms with Crippen LogP contribution in [0.2, 0.25) is 0 Å². The molecule has 0 aliphatic heterocycles.